The molecule has 0 amide bonds. The Morgan fingerprint density at radius 3 is 1.62 bits per heavy atom. The van der Waals surface area contributed by atoms with E-state index in [2.05, 4.69) is 174 Å². The fourth-order valence-corrected chi connectivity index (χ4v) is 7.94. The van der Waals surface area contributed by atoms with Gasteiger partial charge in [-0.15, -0.1) is 0 Å². The van der Waals surface area contributed by atoms with E-state index in [4.69, 9.17) is 0 Å². The summed E-state index contributed by atoms with van der Waals surface area (Å²) in [5, 5.41) is 0. The molecule has 0 saturated carbocycles. The van der Waals surface area contributed by atoms with Gasteiger partial charge in [-0.2, -0.15) is 0 Å². The largest absolute Gasteiger partial charge is 0.0706 e. The van der Waals surface area contributed by atoms with Crippen molar-refractivity contribution in [2.75, 3.05) is 0 Å². The average molecular weight is 585 g/mol. The zero-order chi connectivity index (χ0) is 31.8. The van der Waals surface area contributed by atoms with Crippen molar-refractivity contribution in [2.24, 2.45) is 0 Å². The molecular weight excluding hydrogens is 540 g/mol. The van der Waals surface area contributed by atoms with Crippen molar-refractivity contribution >= 4 is 0 Å². The molecule has 0 bridgehead atoms. The van der Waals surface area contributed by atoms with Gasteiger partial charge in [0.25, 0.3) is 0 Å². The first-order valence-corrected chi connectivity index (χ1v) is 16.4. The van der Waals surface area contributed by atoms with Crippen LogP contribution in [0, 0.1) is 20.8 Å². The summed E-state index contributed by atoms with van der Waals surface area (Å²) in [5.74, 6) is 0. The van der Waals surface area contributed by atoms with Gasteiger partial charge in [0.15, 0.2) is 0 Å². The molecule has 1 aliphatic rings. The molecule has 6 aromatic carbocycles. The van der Waals surface area contributed by atoms with Crippen LogP contribution in [0.5, 0.6) is 0 Å². The Morgan fingerprint density at radius 1 is 0.444 bits per heavy atom. The molecule has 0 heteroatoms. The molecule has 0 unspecified atom stereocenters. The molecule has 0 aromatic heterocycles. The predicted molar refractivity (Wildman–Crippen MR) is 193 cm³/mol. The Morgan fingerprint density at radius 2 is 0.978 bits per heavy atom. The van der Waals surface area contributed by atoms with E-state index in [0.29, 0.717) is 0 Å². The topological polar surface area (TPSA) is 0 Å². The van der Waals surface area contributed by atoms with Crippen LogP contribution in [0.25, 0.3) is 22.3 Å². The van der Waals surface area contributed by atoms with E-state index in [1.54, 1.807) is 0 Å². The Bertz CT molecular complexity index is 1920. The monoisotopic (exact) mass is 584 g/mol. The van der Waals surface area contributed by atoms with E-state index in [0.717, 1.165) is 0 Å². The van der Waals surface area contributed by atoms with Crippen LogP contribution in [0.3, 0.4) is 0 Å². The highest BCUT2D eigenvalue weighted by Crippen LogP contribution is 2.54. The summed E-state index contributed by atoms with van der Waals surface area (Å²) < 4.78 is 0. The minimum Gasteiger partial charge on any atom is -0.0683 e. The molecular formula is C45H44. The van der Waals surface area contributed by atoms with Gasteiger partial charge in [0, 0.05) is 5.41 Å². The molecule has 1 aliphatic carbocycles. The van der Waals surface area contributed by atoms with Gasteiger partial charge in [0.05, 0.1) is 5.41 Å². The second-order valence-corrected chi connectivity index (χ2v) is 12.6. The number of hydrogen-bond donors (Lipinski definition) is 0. The van der Waals surface area contributed by atoms with Gasteiger partial charge in [0.2, 0.25) is 0 Å². The van der Waals surface area contributed by atoms with Crippen LogP contribution < -0.4 is 0 Å². The lowest BCUT2D eigenvalue weighted by molar-refractivity contribution is 0.661. The van der Waals surface area contributed by atoms with E-state index in [1.165, 1.54) is 72.3 Å². The molecule has 0 radical (unpaired) electrons. The minimum atomic E-state index is -0.488. The summed E-state index contributed by atoms with van der Waals surface area (Å²) in [7, 11) is 0. The molecule has 0 heterocycles. The predicted octanol–water partition coefficient (Wildman–Crippen LogP) is 12.0. The van der Waals surface area contributed by atoms with Gasteiger partial charge in [-0.3, -0.25) is 0 Å². The third kappa shape index (κ3) is 4.67. The number of aryl methyl sites for hydroxylation is 2. The van der Waals surface area contributed by atoms with Gasteiger partial charge in [0.1, 0.15) is 0 Å². The first kappa shape index (κ1) is 30.4. The summed E-state index contributed by atoms with van der Waals surface area (Å²) in [6, 6.07) is 51.7. The maximum atomic E-state index is 2.39. The molecule has 0 spiro atoms. The van der Waals surface area contributed by atoms with Gasteiger partial charge in [-0.25, -0.2) is 0 Å². The van der Waals surface area contributed by atoms with Crippen LogP contribution in [0.4, 0.5) is 0 Å². The quantitative estimate of drug-likeness (QED) is 0.177. The molecule has 45 heavy (non-hydrogen) atoms. The zero-order valence-corrected chi connectivity index (χ0v) is 27.8. The highest BCUT2D eigenvalue weighted by molar-refractivity contribution is 5.90. The van der Waals surface area contributed by atoms with Crippen molar-refractivity contribution in [3.05, 3.63) is 190 Å². The van der Waals surface area contributed by atoms with Crippen LogP contribution in [0.1, 0.15) is 77.8 Å². The van der Waals surface area contributed by atoms with Crippen molar-refractivity contribution in [3.63, 3.8) is 0 Å². The minimum absolute atomic E-state index is 0.0955. The molecule has 7 rings (SSSR count). The van der Waals surface area contributed by atoms with Crippen LogP contribution in [0.15, 0.2) is 140 Å². The summed E-state index contributed by atoms with van der Waals surface area (Å²) in [6.07, 6.45) is 0. The first-order chi connectivity index (χ1) is 21.9. The van der Waals surface area contributed by atoms with Crippen LogP contribution >= 0.6 is 0 Å². The second kappa shape index (κ2) is 12.0. The molecule has 6 aromatic rings. The zero-order valence-electron chi connectivity index (χ0n) is 27.8. The van der Waals surface area contributed by atoms with E-state index in [-0.39, 0.29) is 5.41 Å². The van der Waals surface area contributed by atoms with Gasteiger partial charge < -0.3 is 0 Å². The highest BCUT2D eigenvalue weighted by Gasteiger charge is 2.42. The van der Waals surface area contributed by atoms with Gasteiger partial charge >= 0.3 is 0 Å². The van der Waals surface area contributed by atoms with Crippen molar-refractivity contribution in [3.8, 4) is 22.3 Å². The number of benzene rings is 6. The van der Waals surface area contributed by atoms with Crippen LogP contribution in [0.2, 0.25) is 0 Å². The van der Waals surface area contributed by atoms with Crippen LogP contribution in [-0.4, -0.2) is 0 Å². The Hall–Kier alpha value is -4.68. The van der Waals surface area contributed by atoms with Crippen molar-refractivity contribution in [1.82, 2.24) is 0 Å². The van der Waals surface area contributed by atoms with E-state index in [9.17, 15) is 0 Å². The summed E-state index contributed by atoms with van der Waals surface area (Å²) >= 11 is 0. The van der Waals surface area contributed by atoms with E-state index in [1.807, 2.05) is 13.8 Å². The van der Waals surface area contributed by atoms with E-state index < -0.39 is 5.41 Å². The molecule has 0 nitrogen and oxygen atoms in total. The normalized spacial score (nSPS) is 13.0. The lowest BCUT2D eigenvalue weighted by atomic mass is 9.62. The van der Waals surface area contributed by atoms with E-state index >= 15 is 0 Å². The fraction of sp³-hybridized carbons (Fsp3) is 0.200. The number of fused-ring (bicyclic) bond motifs is 3. The smallest absolute Gasteiger partial charge is 0.0683 e. The van der Waals surface area contributed by atoms with Gasteiger partial charge in [-0.1, -0.05) is 167 Å². The van der Waals surface area contributed by atoms with Crippen LogP contribution in [-0.2, 0) is 10.8 Å². The average Bonchev–Trinajstić information content (AvgIpc) is 3.31. The Kier molecular flexibility index (Phi) is 8.10. The van der Waals surface area contributed by atoms with Crippen molar-refractivity contribution in [1.29, 1.82) is 0 Å². The Labute approximate surface area is 270 Å². The summed E-state index contributed by atoms with van der Waals surface area (Å²) in [5.41, 5.74) is 16.8. The fourth-order valence-electron chi connectivity index (χ4n) is 7.94. The number of rotatable bonds is 5. The Balaban J connectivity index is 0.00000175. The number of hydrogen-bond acceptors (Lipinski definition) is 0. The molecule has 0 saturated heterocycles. The SMILES string of the molecule is CC.Cc1ccccc1C(c1ccccc1)(c1ccccc1)c1cccc(-c2c(C)ccc3c2C(C)(C)c2ccccc2-3)c1C. The third-order valence-electron chi connectivity index (χ3n) is 9.90. The summed E-state index contributed by atoms with van der Waals surface area (Å²) in [6.45, 7) is 15.7. The highest BCUT2D eigenvalue weighted by atomic mass is 14.4. The first-order valence-electron chi connectivity index (χ1n) is 16.4. The van der Waals surface area contributed by atoms with Gasteiger partial charge in [-0.05, 0) is 93.1 Å². The molecule has 0 aliphatic heterocycles. The lowest BCUT2D eigenvalue weighted by Crippen LogP contribution is -2.33. The molecule has 0 atom stereocenters. The second-order valence-electron chi connectivity index (χ2n) is 12.6. The van der Waals surface area contributed by atoms with Crippen molar-refractivity contribution < 1.29 is 0 Å². The molecule has 0 fully saturated rings. The third-order valence-corrected chi connectivity index (χ3v) is 9.90. The maximum Gasteiger partial charge on any atom is 0.0706 e. The van der Waals surface area contributed by atoms with Crippen molar-refractivity contribution in [2.45, 2.75) is 59.3 Å². The lowest BCUT2D eigenvalue weighted by Gasteiger charge is -2.39. The summed E-state index contributed by atoms with van der Waals surface area (Å²) in [4.78, 5) is 0. The molecule has 224 valence electrons. The standard InChI is InChI=1S/C43H38.C2H6/c1-29-17-12-14-24-37(29)43(32-18-8-6-9-19-32,33-20-10-7-11-21-33)38-26-16-23-34(31(38)3)40-30(2)27-28-36-35-22-13-15-25-39(35)42(4,5)41(36)40;1-2/h6-28H,1-5H3;1-2H3. The maximum absolute atomic E-state index is 2.39. The molecule has 0 N–H and O–H groups in total.